The van der Waals surface area contributed by atoms with Gasteiger partial charge in [-0.15, -0.1) is 0 Å². The fourth-order valence-electron chi connectivity index (χ4n) is 3.53. The summed E-state index contributed by atoms with van der Waals surface area (Å²) < 4.78 is 0. The van der Waals surface area contributed by atoms with E-state index in [0.717, 1.165) is 12.8 Å². The van der Waals surface area contributed by atoms with Crippen molar-refractivity contribution in [3.63, 3.8) is 0 Å². The van der Waals surface area contributed by atoms with Crippen molar-refractivity contribution in [2.75, 3.05) is 0 Å². The maximum atomic E-state index is 11.8. The Bertz CT molecular complexity index is 231. The average molecular weight is 180 g/mol. The lowest BCUT2D eigenvalue weighted by molar-refractivity contribution is -0.123. The van der Waals surface area contributed by atoms with Crippen LogP contribution in [0.1, 0.15) is 46.5 Å². The lowest BCUT2D eigenvalue weighted by Crippen LogP contribution is -2.26. The number of hydrogen-bond donors (Lipinski definition) is 0. The van der Waals surface area contributed by atoms with Crippen molar-refractivity contribution in [2.24, 2.45) is 23.2 Å². The van der Waals surface area contributed by atoms with Crippen LogP contribution in [0.25, 0.3) is 0 Å². The fraction of sp³-hybridized carbons (Fsp3) is 0.917. The topological polar surface area (TPSA) is 17.1 Å². The maximum Gasteiger partial charge on any atom is 0.136 e. The van der Waals surface area contributed by atoms with Crippen LogP contribution in [-0.2, 0) is 4.79 Å². The van der Waals surface area contributed by atoms with Crippen LogP contribution in [0.4, 0.5) is 0 Å². The van der Waals surface area contributed by atoms with E-state index in [2.05, 4.69) is 20.8 Å². The van der Waals surface area contributed by atoms with Crippen LogP contribution in [-0.4, -0.2) is 5.78 Å². The molecule has 0 aromatic carbocycles. The molecule has 74 valence electrons. The molecule has 2 rings (SSSR count). The highest BCUT2D eigenvalue weighted by atomic mass is 16.1. The molecule has 0 aromatic heterocycles. The molecule has 0 radical (unpaired) electrons. The predicted molar refractivity (Wildman–Crippen MR) is 53.4 cm³/mol. The first-order chi connectivity index (χ1) is 6.04. The molecule has 2 saturated carbocycles. The molecule has 0 bridgehead atoms. The minimum atomic E-state index is 0.381. The summed E-state index contributed by atoms with van der Waals surface area (Å²) in [5.74, 6) is 2.33. The fourth-order valence-corrected chi connectivity index (χ4v) is 3.53. The summed E-state index contributed by atoms with van der Waals surface area (Å²) in [7, 11) is 0. The molecule has 0 saturated heterocycles. The number of ketones is 1. The van der Waals surface area contributed by atoms with Gasteiger partial charge < -0.3 is 0 Å². The van der Waals surface area contributed by atoms with E-state index in [1.165, 1.54) is 12.8 Å². The van der Waals surface area contributed by atoms with Gasteiger partial charge in [-0.25, -0.2) is 0 Å². The first-order valence-electron chi connectivity index (χ1n) is 5.57. The van der Waals surface area contributed by atoms with Crippen LogP contribution in [0.3, 0.4) is 0 Å². The molecular formula is C12H20O. The molecule has 13 heavy (non-hydrogen) atoms. The summed E-state index contributed by atoms with van der Waals surface area (Å²) in [6.45, 7) is 6.86. The molecule has 0 N–H and O–H groups in total. The second-order valence-electron chi connectivity index (χ2n) is 5.54. The van der Waals surface area contributed by atoms with Crippen LogP contribution < -0.4 is 0 Å². The quantitative estimate of drug-likeness (QED) is 0.606. The van der Waals surface area contributed by atoms with E-state index in [0.29, 0.717) is 29.0 Å². The minimum absolute atomic E-state index is 0.381. The van der Waals surface area contributed by atoms with Gasteiger partial charge in [0.1, 0.15) is 5.78 Å². The number of carbonyl (C=O) groups excluding carboxylic acids is 1. The van der Waals surface area contributed by atoms with Gasteiger partial charge in [-0.05, 0) is 36.5 Å². The molecule has 0 unspecified atom stereocenters. The third-order valence-corrected chi connectivity index (χ3v) is 4.37. The zero-order chi connectivity index (χ0) is 9.64. The third-order valence-electron chi connectivity index (χ3n) is 4.37. The number of fused-ring (bicyclic) bond motifs is 1. The Hall–Kier alpha value is -0.330. The number of hydrogen-bond acceptors (Lipinski definition) is 1. The van der Waals surface area contributed by atoms with Gasteiger partial charge in [-0.1, -0.05) is 20.8 Å². The van der Waals surface area contributed by atoms with Crippen LogP contribution in [0.5, 0.6) is 0 Å². The maximum absolute atomic E-state index is 11.8. The van der Waals surface area contributed by atoms with Crippen molar-refractivity contribution in [1.29, 1.82) is 0 Å². The lowest BCUT2D eigenvalue weighted by Gasteiger charge is -2.27. The zero-order valence-electron chi connectivity index (χ0n) is 8.97. The molecule has 0 aliphatic heterocycles. The van der Waals surface area contributed by atoms with Gasteiger partial charge in [0.05, 0.1) is 0 Å². The van der Waals surface area contributed by atoms with Crippen LogP contribution in [0.2, 0.25) is 0 Å². The Morgan fingerprint density at radius 1 is 1.38 bits per heavy atom. The third kappa shape index (κ3) is 1.24. The van der Waals surface area contributed by atoms with Crippen molar-refractivity contribution in [3.05, 3.63) is 0 Å². The van der Waals surface area contributed by atoms with Crippen molar-refractivity contribution in [1.82, 2.24) is 0 Å². The SMILES string of the molecule is CC(C)[C@@H]1CC[C@@]2(C)CCC(=O)[C@@H]12. The number of rotatable bonds is 1. The summed E-state index contributed by atoms with van der Waals surface area (Å²) in [4.78, 5) is 11.8. The second-order valence-corrected chi connectivity index (χ2v) is 5.54. The molecule has 0 amide bonds. The Balaban J connectivity index is 2.25. The smallest absolute Gasteiger partial charge is 0.136 e. The van der Waals surface area contributed by atoms with Gasteiger partial charge in [-0.3, -0.25) is 4.79 Å². The Morgan fingerprint density at radius 3 is 2.69 bits per heavy atom. The van der Waals surface area contributed by atoms with Gasteiger partial charge in [0.25, 0.3) is 0 Å². The molecule has 1 nitrogen and oxygen atoms in total. The molecule has 0 aromatic rings. The molecule has 1 heteroatoms. The number of carbonyl (C=O) groups is 1. The van der Waals surface area contributed by atoms with Crippen molar-refractivity contribution in [3.8, 4) is 0 Å². The van der Waals surface area contributed by atoms with Gasteiger partial charge in [-0.2, -0.15) is 0 Å². The average Bonchev–Trinajstić information content (AvgIpc) is 2.50. The summed E-state index contributed by atoms with van der Waals surface area (Å²) in [5.41, 5.74) is 0.381. The van der Waals surface area contributed by atoms with E-state index in [1.807, 2.05) is 0 Å². The van der Waals surface area contributed by atoms with E-state index in [1.54, 1.807) is 0 Å². The highest BCUT2D eigenvalue weighted by Gasteiger charge is 2.52. The van der Waals surface area contributed by atoms with Gasteiger partial charge >= 0.3 is 0 Å². The Labute approximate surface area is 80.9 Å². The van der Waals surface area contributed by atoms with Crippen molar-refractivity contribution in [2.45, 2.75) is 46.5 Å². The minimum Gasteiger partial charge on any atom is -0.299 e. The standard InChI is InChI=1S/C12H20O/c1-8(2)9-4-6-12(3)7-5-10(13)11(9)12/h8-9,11H,4-7H2,1-3H3/t9-,11+,12-/m0/s1. The number of Topliss-reactive ketones (excluding diaryl/α,β-unsaturated/α-hetero) is 1. The van der Waals surface area contributed by atoms with Crippen molar-refractivity contribution >= 4 is 5.78 Å². The van der Waals surface area contributed by atoms with Crippen LogP contribution >= 0.6 is 0 Å². The molecule has 2 fully saturated rings. The highest BCUT2D eigenvalue weighted by Crippen LogP contribution is 2.56. The first kappa shape index (κ1) is 9.23. The monoisotopic (exact) mass is 180 g/mol. The first-order valence-corrected chi connectivity index (χ1v) is 5.57. The Kier molecular flexibility index (Phi) is 2.01. The van der Waals surface area contributed by atoms with E-state index >= 15 is 0 Å². The van der Waals surface area contributed by atoms with E-state index in [4.69, 9.17) is 0 Å². The van der Waals surface area contributed by atoms with Gasteiger partial charge in [0.2, 0.25) is 0 Å². The van der Waals surface area contributed by atoms with E-state index in [9.17, 15) is 4.79 Å². The highest BCUT2D eigenvalue weighted by molar-refractivity contribution is 5.84. The lowest BCUT2D eigenvalue weighted by atomic mass is 9.76. The summed E-state index contributed by atoms with van der Waals surface area (Å²) in [6, 6.07) is 0. The summed E-state index contributed by atoms with van der Waals surface area (Å²) in [5, 5.41) is 0. The molecule has 2 aliphatic rings. The van der Waals surface area contributed by atoms with E-state index < -0.39 is 0 Å². The summed E-state index contributed by atoms with van der Waals surface area (Å²) >= 11 is 0. The molecule has 3 atom stereocenters. The van der Waals surface area contributed by atoms with Crippen LogP contribution in [0.15, 0.2) is 0 Å². The van der Waals surface area contributed by atoms with Crippen molar-refractivity contribution < 1.29 is 4.79 Å². The predicted octanol–water partition coefficient (Wildman–Crippen LogP) is 3.04. The van der Waals surface area contributed by atoms with E-state index in [-0.39, 0.29) is 0 Å². The molecule has 2 aliphatic carbocycles. The van der Waals surface area contributed by atoms with Crippen LogP contribution in [0, 0.1) is 23.2 Å². The largest absolute Gasteiger partial charge is 0.299 e. The van der Waals surface area contributed by atoms with Gasteiger partial charge in [0, 0.05) is 12.3 Å². The molecule has 0 heterocycles. The molecule has 0 spiro atoms. The molecular weight excluding hydrogens is 160 g/mol. The zero-order valence-corrected chi connectivity index (χ0v) is 8.97. The second kappa shape index (κ2) is 2.83. The Morgan fingerprint density at radius 2 is 2.08 bits per heavy atom. The normalized spacial score (nSPS) is 44.5. The van der Waals surface area contributed by atoms with Gasteiger partial charge in [0.15, 0.2) is 0 Å². The summed E-state index contributed by atoms with van der Waals surface area (Å²) in [6.07, 6.45) is 4.57.